The quantitative estimate of drug-likeness (QED) is 0.229. The molecule has 5 rings (SSSR count). The number of nitrogens with zero attached hydrogens (tertiary/aromatic N) is 5. The van der Waals surface area contributed by atoms with Crippen LogP contribution >= 0.6 is 11.8 Å². The summed E-state index contributed by atoms with van der Waals surface area (Å²) in [6.45, 7) is 1.06. The zero-order valence-corrected chi connectivity index (χ0v) is 22.7. The van der Waals surface area contributed by atoms with Gasteiger partial charge >= 0.3 is 0 Å². The number of likely N-dealkylation sites (N-methyl/N-ethyl adjacent to an activating group) is 1. The SMILES string of the molecule is COc1ccc(CCN(C)C(=O)CSc2nnc3c4ccccc4n(Cc4ccc(F)cc4)c3n2)cc1OC. The van der Waals surface area contributed by atoms with Gasteiger partial charge < -0.3 is 18.9 Å². The van der Waals surface area contributed by atoms with E-state index in [1.165, 1.54) is 23.9 Å². The highest BCUT2D eigenvalue weighted by molar-refractivity contribution is 7.99. The molecule has 0 fully saturated rings. The maximum Gasteiger partial charge on any atom is 0.232 e. The summed E-state index contributed by atoms with van der Waals surface area (Å²) in [6.07, 6.45) is 0.681. The molecule has 0 unspecified atom stereocenters. The predicted octanol–water partition coefficient (Wildman–Crippen LogP) is 4.98. The minimum absolute atomic E-state index is 0.0315. The van der Waals surface area contributed by atoms with Crippen molar-refractivity contribution in [3.63, 3.8) is 0 Å². The molecular weight excluding hydrogens is 517 g/mol. The number of rotatable bonds is 10. The van der Waals surface area contributed by atoms with E-state index in [-0.39, 0.29) is 17.5 Å². The van der Waals surface area contributed by atoms with Crippen molar-refractivity contribution in [1.29, 1.82) is 0 Å². The van der Waals surface area contributed by atoms with E-state index in [9.17, 15) is 9.18 Å². The Labute approximate surface area is 229 Å². The van der Waals surface area contributed by atoms with Crippen LogP contribution in [0.5, 0.6) is 11.5 Å². The van der Waals surface area contributed by atoms with Gasteiger partial charge in [0, 0.05) is 25.5 Å². The van der Waals surface area contributed by atoms with Gasteiger partial charge in [-0.3, -0.25) is 4.79 Å². The van der Waals surface area contributed by atoms with Crippen molar-refractivity contribution in [2.24, 2.45) is 0 Å². The molecule has 0 N–H and O–H groups in total. The number of carbonyl (C=O) groups is 1. The van der Waals surface area contributed by atoms with Crippen LogP contribution in [0.25, 0.3) is 22.1 Å². The second kappa shape index (κ2) is 11.7. The van der Waals surface area contributed by atoms with Crippen LogP contribution in [-0.4, -0.2) is 64.1 Å². The fourth-order valence-electron chi connectivity index (χ4n) is 4.38. The van der Waals surface area contributed by atoms with Crippen molar-refractivity contribution in [3.05, 3.63) is 83.7 Å². The number of hydrogen-bond donors (Lipinski definition) is 0. The molecule has 10 heteroatoms. The van der Waals surface area contributed by atoms with E-state index in [1.807, 2.05) is 47.0 Å². The second-order valence-corrected chi connectivity index (χ2v) is 9.98. The van der Waals surface area contributed by atoms with E-state index < -0.39 is 0 Å². The number of hydrogen-bond acceptors (Lipinski definition) is 7. The summed E-state index contributed by atoms with van der Waals surface area (Å²) in [7, 11) is 4.99. The first kappa shape index (κ1) is 26.4. The number of ether oxygens (including phenoxy) is 2. The monoisotopic (exact) mass is 545 g/mol. The van der Waals surface area contributed by atoms with Crippen molar-refractivity contribution >= 4 is 39.7 Å². The van der Waals surface area contributed by atoms with Crippen LogP contribution in [0.2, 0.25) is 0 Å². The van der Waals surface area contributed by atoms with Crippen LogP contribution in [-0.2, 0) is 17.8 Å². The van der Waals surface area contributed by atoms with Crippen LogP contribution in [0.1, 0.15) is 11.1 Å². The maximum atomic E-state index is 13.4. The summed E-state index contributed by atoms with van der Waals surface area (Å²) in [5.74, 6) is 1.21. The summed E-state index contributed by atoms with van der Waals surface area (Å²) in [5.41, 5.74) is 4.32. The van der Waals surface area contributed by atoms with Gasteiger partial charge in [0.15, 0.2) is 17.1 Å². The molecule has 2 aromatic heterocycles. The number of methoxy groups -OCH3 is 2. The number of para-hydroxylation sites is 1. The number of fused-ring (bicyclic) bond motifs is 3. The lowest BCUT2D eigenvalue weighted by molar-refractivity contribution is -0.127. The number of halogens is 1. The normalized spacial score (nSPS) is 11.2. The van der Waals surface area contributed by atoms with E-state index in [0.717, 1.165) is 22.0 Å². The Balaban J connectivity index is 1.29. The van der Waals surface area contributed by atoms with Crippen molar-refractivity contribution in [2.75, 3.05) is 33.6 Å². The van der Waals surface area contributed by atoms with Gasteiger partial charge in [-0.2, -0.15) is 0 Å². The highest BCUT2D eigenvalue weighted by Crippen LogP contribution is 2.29. The van der Waals surface area contributed by atoms with Crippen LogP contribution < -0.4 is 9.47 Å². The summed E-state index contributed by atoms with van der Waals surface area (Å²) >= 11 is 1.26. The summed E-state index contributed by atoms with van der Waals surface area (Å²) in [4.78, 5) is 19.3. The Kier molecular flexibility index (Phi) is 7.92. The standard InChI is InChI=1S/C29H28FN5O3S/c1-34(15-14-19-10-13-24(37-2)25(16-19)38-3)26(36)18-39-29-31-28-27(32-33-29)22-6-4-5-7-23(22)35(28)17-20-8-11-21(30)12-9-20/h4-13,16H,14-15,17-18H2,1-3H3. The third kappa shape index (κ3) is 5.80. The third-order valence-electron chi connectivity index (χ3n) is 6.54. The lowest BCUT2D eigenvalue weighted by atomic mass is 10.1. The molecule has 200 valence electrons. The molecule has 0 saturated carbocycles. The number of aromatic nitrogens is 4. The molecule has 0 saturated heterocycles. The smallest absolute Gasteiger partial charge is 0.232 e. The fourth-order valence-corrected chi connectivity index (χ4v) is 5.10. The molecule has 0 aliphatic carbocycles. The van der Waals surface area contributed by atoms with Crippen molar-refractivity contribution in [2.45, 2.75) is 18.1 Å². The largest absolute Gasteiger partial charge is 0.493 e. The van der Waals surface area contributed by atoms with Gasteiger partial charge in [-0.05, 0) is 47.9 Å². The predicted molar refractivity (Wildman–Crippen MR) is 150 cm³/mol. The molecule has 2 heterocycles. The highest BCUT2D eigenvalue weighted by atomic mass is 32.2. The Morgan fingerprint density at radius 1 is 0.974 bits per heavy atom. The van der Waals surface area contributed by atoms with Crippen LogP contribution in [0.15, 0.2) is 71.9 Å². The van der Waals surface area contributed by atoms with E-state index >= 15 is 0 Å². The molecule has 0 bridgehead atoms. The van der Waals surface area contributed by atoms with E-state index in [2.05, 4.69) is 10.2 Å². The minimum Gasteiger partial charge on any atom is -0.493 e. The van der Waals surface area contributed by atoms with Crippen LogP contribution in [0.3, 0.4) is 0 Å². The fraction of sp³-hybridized carbons (Fsp3) is 0.241. The zero-order valence-electron chi connectivity index (χ0n) is 21.9. The van der Waals surface area contributed by atoms with Gasteiger partial charge in [-0.25, -0.2) is 9.37 Å². The van der Waals surface area contributed by atoms with Gasteiger partial charge in [0.2, 0.25) is 11.1 Å². The topological polar surface area (TPSA) is 82.4 Å². The molecule has 3 aromatic carbocycles. The molecule has 5 aromatic rings. The molecule has 0 radical (unpaired) electrons. The maximum absolute atomic E-state index is 13.4. The summed E-state index contributed by atoms with van der Waals surface area (Å²) < 4.78 is 26.2. The Morgan fingerprint density at radius 2 is 1.72 bits per heavy atom. The molecule has 39 heavy (non-hydrogen) atoms. The van der Waals surface area contributed by atoms with Gasteiger partial charge in [0.05, 0.1) is 25.5 Å². The third-order valence-corrected chi connectivity index (χ3v) is 7.37. The average molecular weight is 546 g/mol. The van der Waals surface area contributed by atoms with Crippen LogP contribution in [0, 0.1) is 5.82 Å². The molecular formula is C29H28FN5O3S. The van der Waals surface area contributed by atoms with E-state index in [1.54, 1.807) is 38.3 Å². The summed E-state index contributed by atoms with van der Waals surface area (Å²) in [6, 6.07) is 20.1. The number of thioether (sulfide) groups is 1. The number of carbonyl (C=O) groups excluding carboxylic acids is 1. The average Bonchev–Trinajstić information content (AvgIpc) is 3.28. The molecule has 0 aliphatic heterocycles. The lowest BCUT2D eigenvalue weighted by Gasteiger charge is -2.17. The lowest BCUT2D eigenvalue weighted by Crippen LogP contribution is -2.30. The van der Waals surface area contributed by atoms with Gasteiger partial charge in [0.25, 0.3) is 0 Å². The molecule has 8 nitrogen and oxygen atoms in total. The van der Waals surface area contributed by atoms with Gasteiger partial charge in [-0.1, -0.05) is 48.2 Å². The van der Waals surface area contributed by atoms with E-state index in [4.69, 9.17) is 14.5 Å². The Bertz CT molecular complexity index is 1620. The van der Waals surface area contributed by atoms with Crippen molar-refractivity contribution < 1.29 is 18.7 Å². The zero-order chi connectivity index (χ0) is 27.4. The number of amides is 1. The van der Waals surface area contributed by atoms with Gasteiger partial charge in [-0.15, -0.1) is 10.2 Å². The van der Waals surface area contributed by atoms with E-state index in [0.29, 0.717) is 47.3 Å². The first-order chi connectivity index (χ1) is 19.0. The summed E-state index contributed by atoms with van der Waals surface area (Å²) in [5, 5.41) is 10.1. The van der Waals surface area contributed by atoms with Gasteiger partial charge in [0.1, 0.15) is 11.3 Å². The Morgan fingerprint density at radius 3 is 2.49 bits per heavy atom. The minimum atomic E-state index is -0.276. The first-order valence-electron chi connectivity index (χ1n) is 12.4. The van der Waals surface area contributed by atoms with Crippen molar-refractivity contribution in [1.82, 2.24) is 24.6 Å². The molecule has 0 spiro atoms. The highest BCUT2D eigenvalue weighted by Gasteiger charge is 2.17. The molecule has 0 atom stereocenters. The van der Waals surface area contributed by atoms with Crippen molar-refractivity contribution in [3.8, 4) is 11.5 Å². The first-order valence-corrected chi connectivity index (χ1v) is 13.4. The molecule has 0 aliphatic rings. The Hall–Kier alpha value is -4.18. The number of benzene rings is 3. The molecule has 1 amide bonds. The second-order valence-electron chi connectivity index (χ2n) is 9.04. The van der Waals surface area contributed by atoms with Crippen LogP contribution in [0.4, 0.5) is 4.39 Å².